The molecule has 0 radical (unpaired) electrons. The molecule has 0 spiro atoms. The molecule has 19 heavy (non-hydrogen) atoms. The van der Waals surface area contributed by atoms with Gasteiger partial charge in [0.25, 0.3) is 0 Å². The molecule has 1 unspecified atom stereocenters. The Hall–Kier alpha value is -0.610. The summed E-state index contributed by atoms with van der Waals surface area (Å²) in [6, 6.07) is 0.00281. The largest absolute Gasteiger partial charge is 0.355 e. The van der Waals surface area contributed by atoms with Gasteiger partial charge >= 0.3 is 0 Å². The molecule has 1 saturated heterocycles. The smallest absolute Gasteiger partial charge is 0.237 e. The number of carbonyl (C=O) groups excluding carboxylic acids is 1. The van der Waals surface area contributed by atoms with Gasteiger partial charge in [-0.15, -0.1) is 0 Å². The molecule has 1 aliphatic rings. The molecular formula is C15H31N3O. The third kappa shape index (κ3) is 5.11. The molecule has 4 nitrogen and oxygen atoms in total. The van der Waals surface area contributed by atoms with Crippen molar-refractivity contribution in [3.63, 3.8) is 0 Å². The van der Waals surface area contributed by atoms with Crippen LogP contribution >= 0.6 is 0 Å². The maximum absolute atomic E-state index is 12.1. The summed E-state index contributed by atoms with van der Waals surface area (Å²) in [5.41, 5.74) is 0.244. The third-order valence-corrected chi connectivity index (χ3v) is 4.51. The standard InChI is InChI=1S/C15H31N3O/c1-5-6-7-10-17-14(19)13(2)18-11-8-15(3,16-4)9-12-18/h13,16H,5-12H2,1-4H3,(H,17,19). The lowest BCUT2D eigenvalue weighted by Gasteiger charge is -2.41. The van der Waals surface area contributed by atoms with Gasteiger partial charge in [0.05, 0.1) is 6.04 Å². The first-order chi connectivity index (χ1) is 9.02. The van der Waals surface area contributed by atoms with Crippen LogP contribution in [-0.4, -0.2) is 49.1 Å². The maximum Gasteiger partial charge on any atom is 0.237 e. The highest BCUT2D eigenvalue weighted by molar-refractivity contribution is 5.81. The number of hydrogen-bond acceptors (Lipinski definition) is 3. The summed E-state index contributed by atoms with van der Waals surface area (Å²) in [5, 5.41) is 6.44. The quantitative estimate of drug-likeness (QED) is 0.692. The van der Waals surface area contributed by atoms with Gasteiger partial charge in [-0.3, -0.25) is 9.69 Å². The fraction of sp³-hybridized carbons (Fsp3) is 0.933. The molecule has 1 atom stereocenters. The Morgan fingerprint density at radius 3 is 2.47 bits per heavy atom. The average Bonchev–Trinajstić information content (AvgIpc) is 2.43. The van der Waals surface area contributed by atoms with Crippen molar-refractivity contribution in [1.29, 1.82) is 0 Å². The molecule has 0 saturated carbocycles. The minimum atomic E-state index is 0.00281. The molecule has 2 N–H and O–H groups in total. The Labute approximate surface area is 118 Å². The summed E-state index contributed by atoms with van der Waals surface area (Å²) < 4.78 is 0. The highest BCUT2D eigenvalue weighted by Crippen LogP contribution is 2.22. The van der Waals surface area contributed by atoms with E-state index < -0.39 is 0 Å². The van der Waals surface area contributed by atoms with Crippen molar-refractivity contribution in [1.82, 2.24) is 15.5 Å². The number of unbranched alkanes of at least 4 members (excludes halogenated alkanes) is 2. The second-order valence-corrected chi connectivity index (χ2v) is 6.02. The van der Waals surface area contributed by atoms with E-state index in [9.17, 15) is 4.79 Å². The molecular weight excluding hydrogens is 238 g/mol. The van der Waals surface area contributed by atoms with E-state index in [4.69, 9.17) is 0 Å². The lowest BCUT2D eigenvalue weighted by Crippen LogP contribution is -2.54. The maximum atomic E-state index is 12.1. The zero-order valence-corrected chi connectivity index (χ0v) is 13.1. The number of hydrogen-bond donors (Lipinski definition) is 2. The Bertz CT molecular complexity index is 273. The molecule has 1 heterocycles. The van der Waals surface area contributed by atoms with Crippen molar-refractivity contribution in [2.75, 3.05) is 26.7 Å². The Morgan fingerprint density at radius 2 is 1.95 bits per heavy atom. The van der Waals surface area contributed by atoms with E-state index in [2.05, 4.69) is 29.4 Å². The van der Waals surface area contributed by atoms with Gasteiger partial charge in [-0.05, 0) is 40.2 Å². The summed E-state index contributed by atoms with van der Waals surface area (Å²) in [4.78, 5) is 14.4. The van der Waals surface area contributed by atoms with Crippen LogP contribution in [0, 0.1) is 0 Å². The number of piperidine rings is 1. The molecule has 0 aromatic heterocycles. The van der Waals surface area contributed by atoms with Crippen molar-refractivity contribution in [3.05, 3.63) is 0 Å². The molecule has 0 bridgehead atoms. The monoisotopic (exact) mass is 269 g/mol. The molecule has 0 aromatic carbocycles. The molecule has 112 valence electrons. The minimum absolute atomic E-state index is 0.00281. The Balaban J connectivity index is 2.30. The third-order valence-electron chi connectivity index (χ3n) is 4.51. The van der Waals surface area contributed by atoms with Crippen LogP contribution in [-0.2, 0) is 4.79 Å². The number of likely N-dealkylation sites (tertiary alicyclic amines) is 1. The van der Waals surface area contributed by atoms with E-state index in [1.807, 2.05) is 14.0 Å². The fourth-order valence-corrected chi connectivity index (χ4v) is 2.55. The zero-order valence-electron chi connectivity index (χ0n) is 13.1. The second kappa shape index (κ2) is 7.85. The van der Waals surface area contributed by atoms with Gasteiger partial charge in [0.15, 0.2) is 0 Å². The van der Waals surface area contributed by atoms with Gasteiger partial charge in [0.1, 0.15) is 0 Å². The van der Waals surface area contributed by atoms with E-state index >= 15 is 0 Å². The number of amides is 1. The van der Waals surface area contributed by atoms with E-state index in [0.717, 1.165) is 38.9 Å². The first kappa shape index (κ1) is 16.4. The van der Waals surface area contributed by atoms with E-state index in [0.29, 0.717) is 0 Å². The molecule has 1 fully saturated rings. The van der Waals surface area contributed by atoms with Gasteiger partial charge in [0.2, 0.25) is 5.91 Å². The molecule has 1 aliphatic heterocycles. The normalized spacial score (nSPS) is 21.1. The molecule has 1 rings (SSSR count). The lowest BCUT2D eigenvalue weighted by molar-refractivity contribution is -0.126. The lowest BCUT2D eigenvalue weighted by atomic mass is 9.89. The highest BCUT2D eigenvalue weighted by atomic mass is 16.2. The predicted molar refractivity (Wildman–Crippen MR) is 80.3 cm³/mol. The van der Waals surface area contributed by atoms with Crippen LogP contribution in [0.2, 0.25) is 0 Å². The average molecular weight is 269 g/mol. The van der Waals surface area contributed by atoms with Gasteiger partial charge < -0.3 is 10.6 Å². The van der Waals surface area contributed by atoms with Crippen LogP contribution in [0.3, 0.4) is 0 Å². The predicted octanol–water partition coefficient (Wildman–Crippen LogP) is 1.76. The van der Waals surface area contributed by atoms with Gasteiger partial charge in [0, 0.05) is 25.2 Å². The second-order valence-electron chi connectivity index (χ2n) is 6.02. The summed E-state index contributed by atoms with van der Waals surface area (Å²) in [5.74, 6) is 0.184. The van der Waals surface area contributed by atoms with E-state index in [-0.39, 0.29) is 17.5 Å². The van der Waals surface area contributed by atoms with Crippen LogP contribution in [0.5, 0.6) is 0 Å². The summed E-state index contributed by atoms with van der Waals surface area (Å²) in [6.07, 6.45) is 5.69. The first-order valence-corrected chi connectivity index (χ1v) is 7.73. The highest BCUT2D eigenvalue weighted by Gasteiger charge is 2.31. The number of nitrogens with one attached hydrogen (secondary N) is 2. The topological polar surface area (TPSA) is 44.4 Å². The minimum Gasteiger partial charge on any atom is -0.355 e. The van der Waals surface area contributed by atoms with Crippen LogP contribution in [0.15, 0.2) is 0 Å². The van der Waals surface area contributed by atoms with Crippen molar-refractivity contribution < 1.29 is 4.79 Å². The van der Waals surface area contributed by atoms with Crippen LogP contribution in [0.4, 0.5) is 0 Å². The van der Waals surface area contributed by atoms with Crippen LogP contribution < -0.4 is 10.6 Å². The molecule has 0 aliphatic carbocycles. The number of nitrogens with zero attached hydrogens (tertiary/aromatic N) is 1. The summed E-state index contributed by atoms with van der Waals surface area (Å²) in [7, 11) is 2.03. The Morgan fingerprint density at radius 1 is 1.32 bits per heavy atom. The van der Waals surface area contributed by atoms with Crippen LogP contribution in [0.1, 0.15) is 52.9 Å². The fourth-order valence-electron chi connectivity index (χ4n) is 2.55. The van der Waals surface area contributed by atoms with Crippen molar-refractivity contribution in [2.45, 2.75) is 64.5 Å². The Kier molecular flexibility index (Phi) is 6.80. The van der Waals surface area contributed by atoms with Crippen LogP contribution in [0.25, 0.3) is 0 Å². The molecule has 0 aromatic rings. The van der Waals surface area contributed by atoms with Crippen molar-refractivity contribution >= 4 is 5.91 Å². The first-order valence-electron chi connectivity index (χ1n) is 7.73. The number of rotatable bonds is 7. The van der Waals surface area contributed by atoms with Gasteiger partial charge in [-0.2, -0.15) is 0 Å². The molecule has 4 heteroatoms. The number of carbonyl (C=O) groups is 1. The van der Waals surface area contributed by atoms with E-state index in [1.54, 1.807) is 0 Å². The zero-order chi connectivity index (χ0) is 14.3. The molecule has 1 amide bonds. The summed E-state index contributed by atoms with van der Waals surface area (Å²) >= 11 is 0. The van der Waals surface area contributed by atoms with Gasteiger partial charge in [-0.25, -0.2) is 0 Å². The van der Waals surface area contributed by atoms with Crippen molar-refractivity contribution in [2.24, 2.45) is 0 Å². The SMILES string of the molecule is CCCCCNC(=O)C(C)N1CCC(C)(NC)CC1. The van der Waals surface area contributed by atoms with Crippen molar-refractivity contribution in [3.8, 4) is 0 Å². The summed E-state index contributed by atoms with van der Waals surface area (Å²) in [6.45, 7) is 9.29. The van der Waals surface area contributed by atoms with E-state index in [1.165, 1.54) is 12.8 Å². The van der Waals surface area contributed by atoms with Gasteiger partial charge in [-0.1, -0.05) is 19.8 Å².